The van der Waals surface area contributed by atoms with Crippen LogP contribution in [0.4, 0.5) is 0 Å². The van der Waals surface area contributed by atoms with Crippen LogP contribution in [0.1, 0.15) is 28.7 Å². The van der Waals surface area contributed by atoms with Crippen LogP contribution in [-0.4, -0.2) is 24.4 Å². The number of hydrogen-bond acceptors (Lipinski definition) is 4. The van der Waals surface area contributed by atoms with Gasteiger partial charge in [-0.05, 0) is 13.0 Å². The van der Waals surface area contributed by atoms with E-state index in [1.54, 1.807) is 13.2 Å². The zero-order valence-corrected chi connectivity index (χ0v) is 8.96. The molecule has 2 heterocycles. The lowest BCUT2D eigenvalue weighted by atomic mass is 10.0. The summed E-state index contributed by atoms with van der Waals surface area (Å²) in [5.41, 5.74) is 2.54. The van der Waals surface area contributed by atoms with E-state index in [0.717, 1.165) is 30.0 Å². The molecule has 0 fully saturated rings. The van der Waals surface area contributed by atoms with Crippen LogP contribution in [0.3, 0.4) is 0 Å². The van der Waals surface area contributed by atoms with Crippen LogP contribution in [0.2, 0.25) is 0 Å². The molecule has 0 aliphatic carbocycles. The molecule has 1 aliphatic rings. The number of carbonyl (C=O) groups is 1. The second kappa shape index (κ2) is 3.98. The first kappa shape index (κ1) is 10.1. The van der Waals surface area contributed by atoms with E-state index in [9.17, 15) is 4.79 Å². The van der Waals surface area contributed by atoms with Crippen molar-refractivity contribution in [1.29, 1.82) is 0 Å². The molecule has 80 valence electrons. The van der Waals surface area contributed by atoms with Crippen molar-refractivity contribution >= 4 is 5.78 Å². The Bertz CT molecular complexity index is 385. The molecule has 4 nitrogen and oxygen atoms in total. The molecule has 0 bridgehead atoms. The third-order valence-electron chi connectivity index (χ3n) is 2.59. The van der Waals surface area contributed by atoms with Crippen molar-refractivity contribution in [3.05, 3.63) is 23.0 Å². The summed E-state index contributed by atoms with van der Waals surface area (Å²) in [6.07, 6.45) is 0.906. The minimum Gasteiger partial charge on any atom is -0.496 e. The molecule has 0 saturated heterocycles. The highest BCUT2D eigenvalue weighted by molar-refractivity contribution is 5.92. The van der Waals surface area contributed by atoms with E-state index < -0.39 is 0 Å². The molecule has 1 aromatic heterocycles. The fourth-order valence-electron chi connectivity index (χ4n) is 1.80. The Labute approximate surface area is 88.7 Å². The third-order valence-corrected chi connectivity index (χ3v) is 2.59. The number of methoxy groups -OCH3 is 1. The second-order valence-corrected chi connectivity index (χ2v) is 3.62. The number of aromatic nitrogens is 1. The van der Waals surface area contributed by atoms with Crippen molar-refractivity contribution in [2.75, 3.05) is 13.7 Å². The third kappa shape index (κ3) is 1.85. The SMILES string of the molecule is COc1cc(C(C)=O)nc2c1CCNC2. The van der Waals surface area contributed by atoms with Gasteiger partial charge in [0.1, 0.15) is 11.4 Å². The highest BCUT2D eigenvalue weighted by Gasteiger charge is 2.17. The van der Waals surface area contributed by atoms with Crippen molar-refractivity contribution in [2.24, 2.45) is 0 Å². The summed E-state index contributed by atoms with van der Waals surface area (Å²) in [6.45, 7) is 3.17. The summed E-state index contributed by atoms with van der Waals surface area (Å²) in [5, 5.41) is 3.23. The van der Waals surface area contributed by atoms with Crippen LogP contribution in [0.15, 0.2) is 6.07 Å². The van der Waals surface area contributed by atoms with Crippen LogP contribution in [0.5, 0.6) is 5.75 Å². The monoisotopic (exact) mass is 206 g/mol. The minimum atomic E-state index is -0.0262. The van der Waals surface area contributed by atoms with Crippen molar-refractivity contribution in [3.8, 4) is 5.75 Å². The minimum absolute atomic E-state index is 0.0262. The van der Waals surface area contributed by atoms with Gasteiger partial charge in [-0.3, -0.25) is 4.79 Å². The lowest BCUT2D eigenvalue weighted by Crippen LogP contribution is -2.26. The van der Waals surface area contributed by atoms with E-state index in [4.69, 9.17) is 4.74 Å². The van der Waals surface area contributed by atoms with Gasteiger partial charge in [-0.1, -0.05) is 0 Å². The van der Waals surface area contributed by atoms with E-state index in [0.29, 0.717) is 12.2 Å². The number of ketones is 1. The number of nitrogens with one attached hydrogen (secondary N) is 1. The van der Waals surface area contributed by atoms with Gasteiger partial charge in [-0.15, -0.1) is 0 Å². The molecule has 0 amide bonds. The Balaban J connectivity index is 2.52. The first-order valence-electron chi connectivity index (χ1n) is 5.01. The molecule has 1 N–H and O–H groups in total. The molecule has 0 atom stereocenters. The summed E-state index contributed by atoms with van der Waals surface area (Å²) >= 11 is 0. The summed E-state index contributed by atoms with van der Waals surface area (Å²) < 4.78 is 5.28. The van der Waals surface area contributed by atoms with E-state index >= 15 is 0 Å². The second-order valence-electron chi connectivity index (χ2n) is 3.62. The number of hydrogen-bond donors (Lipinski definition) is 1. The number of pyridine rings is 1. The number of carbonyl (C=O) groups excluding carboxylic acids is 1. The van der Waals surface area contributed by atoms with E-state index in [1.165, 1.54) is 6.92 Å². The van der Waals surface area contributed by atoms with Gasteiger partial charge in [-0.2, -0.15) is 0 Å². The van der Waals surface area contributed by atoms with Crippen molar-refractivity contribution < 1.29 is 9.53 Å². The predicted molar refractivity (Wildman–Crippen MR) is 56.2 cm³/mol. The van der Waals surface area contributed by atoms with Gasteiger partial charge in [-0.25, -0.2) is 4.98 Å². The Kier molecular flexibility index (Phi) is 2.68. The standard InChI is InChI=1S/C11H14N2O2/c1-7(14)9-5-11(15-2)8-3-4-12-6-10(8)13-9/h5,12H,3-4,6H2,1-2H3. The average Bonchev–Trinajstić information content (AvgIpc) is 2.27. The lowest BCUT2D eigenvalue weighted by molar-refractivity contribution is 0.101. The molecule has 0 unspecified atom stereocenters. The molecular weight excluding hydrogens is 192 g/mol. The van der Waals surface area contributed by atoms with Gasteiger partial charge in [0.05, 0.1) is 12.8 Å². The van der Waals surface area contributed by atoms with Gasteiger partial charge in [0.15, 0.2) is 5.78 Å². The molecule has 0 spiro atoms. The van der Waals surface area contributed by atoms with Crippen LogP contribution >= 0.6 is 0 Å². The first-order chi connectivity index (χ1) is 7.22. The Morgan fingerprint density at radius 2 is 2.40 bits per heavy atom. The average molecular weight is 206 g/mol. The zero-order chi connectivity index (χ0) is 10.8. The summed E-state index contributed by atoms with van der Waals surface area (Å²) in [5.74, 6) is 0.758. The van der Waals surface area contributed by atoms with Gasteiger partial charge >= 0.3 is 0 Å². The Morgan fingerprint density at radius 1 is 1.60 bits per heavy atom. The smallest absolute Gasteiger partial charge is 0.178 e. The first-order valence-corrected chi connectivity index (χ1v) is 5.01. The van der Waals surface area contributed by atoms with Crippen LogP contribution in [0, 0.1) is 0 Å². The maximum absolute atomic E-state index is 11.3. The quantitative estimate of drug-likeness (QED) is 0.732. The number of Topliss-reactive ketones (excluding diaryl/α,β-unsaturated/α-hetero) is 1. The van der Waals surface area contributed by atoms with E-state index in [-0.39, 0.29) is 5.78 Å². The maximum Gasteiger partial charge on any atom is 0.178 e. The van der Waals surface area contributed by atoms with Crippen molar-refractivity contribution in [3.63, 3.8) is 0 Å². The summed E-state index contributed by atoms with van der Waals surface area (Å²) in [6, 6.07) is 1.73. The highest BCUT2D eigenvalue weighted by Crippen LogP contribution is 2.25. The van der Waals surface area contributed by atoms with E-state index in [2.05, 4.69) is 10.3 Å². The van der Waals surface area contributed by atoms with Crippen LogP contribution in [0.25, 0.3) is 0 Å². The van der Waals surface area contributed by atoms with Gasteiger partial charge < -0.3 is 10.1 Å². The lowest BCUT2D eigenvalue weighted by Gasteiger charge is -2.19. The molecule has 4 heteroatoms. The van der Waals surface area contributed by atoms with Crippen LogP contribution in [-0.2, 0) is 13.0 Å². The van der Waals surface area contributed by atoms with Crippen LogP contribution < -0.4 is 10.1 Å². The molecule has 1 aliphatic heterocycles. The molecule has 2 rings (SSSR count). The fraction of sp³-hybridized carbons (Fsp3) is 0.455. The largest absolute Gasteiger partial charge is 0.496 e. The summed E-state index contributed by atoms with van der Waals surface area (Å²) in [4.78, 5) is 15.6. The van der Waals surface area contributed by atoms with Gasteiger partial charge in [0.25, 0.3) is 0 Å². The molecule has 15 heavy (non-hydrogen) atoms. The molecule has 1 aromatic rings. The van der Waals surface area contributed by atoms with E-state index in [1.807, 2.05) is 0 Å². The Morgan fingerprint density at radius 3 is 3.07 bits per heavy atom. The summed E-state index contributed by atoms with van der Waals surface area (Å²) in [7, 11) is 1.63. The molecule has 0 saturated carbocycles. The fourth-order valence-corrected chi connectivity index (χ4v) is 1.80. The Hall–Kier alpha value is -1.42. The normalized spacial score (nSPS) is 14.5. The number of ether oxygens (including phenoxy) is 1. The molecule has 0 aromatic carbocycles. The number of rotatable bonds is 2. The number of fused-ring (bicyclic) bond motifs is 1. The predicted octanol–water partition coefficient (Wildman–Crippen LogP) is 0.938. The highest BCUT2D eigenvalue weighted by atomic mass is 16.5. The van der Waals surface area contributed by atoms with Crippen molar-refractivity contribution in [1.82, 2.24) is 10.3 Å². The van der Waals surface area contributed by atoms with Crippen molar-refractivity contribution in [2.45, 2.75) is 19.9 Å². The topological polar surface area (TPSA) is 51.2 Å². The number of nitrogens with zero attached hydrogens (tertiary/aromatic N) is 1. The molecule has 0 radical (unpaired) electrons. The maximum atomic E-state index is 11.3. The molecular formula is C11H14N2O2. The van der Waals surface area contributed by atoms with Gasteiger partial charge in [0.2, 0.25) is 0 Å². The zero-order valence-electron chi connectivity index (χ0n) is 8.96. The van der Waals surface area contributed by atoms with Gasteiger partial charge in [0, 0.05) is 25.1 Å².